The molecule has 3 fully saturated rings. The quantitative estimate of drug-likeness (QED) is 0.770. The summed E-state index contributed by atoms with van der Waals surface area (Å²) in [6, 6.07) is 0.410. The van der Waals surface area contributed by atoms with Gasteiger partial charge in [-0.25, -0.2) is 0 Å². The van der Waals surface area contributed by atoms with E-state index in [0.29, 0.717) is 12.6 Å². The minimum Gasteiger partial charge on any atom is -0.352 e. The molecular formula is C16H28N4O2. The molecule has 0 aromatic carbocycles. The van der Waals surface area contributed by atoms with Gasteiger partial charge in [-0.3, -0.25) is 19.4 Å². The average Bonchev–Trinajstić information content (AvgIpc) is 3.16. The Bertz CT molecular complexity index is 410. The lowest BCUT2D eigenvalue weighted by Crippen LogP contribution is -2.55. The van der Waals surface area contributed by atoms with Crippen molar-refractivity contribution in [3.05, 3.63) is 0 Å². The summed E-state index contributed by atoms with van der Waals surface area (Å²) in [4.78, 5) is 30.7. The summed E-state index contributed by atoms with van der Waals surface area (Å²) in [7, 11) is 0. The van der Waals surface area contributed by atoms with Gasteiger partial charge in [0, 0.05) is 45.3 Å². The molecule has 2 aliphatic heterocycles. The Labute approximate surface area is 132 Å². The van der Waals surface area contributed by atoms with E-state index >= 15 is 0 Å². The number of carbonyl (C=O) groups excluding carboxylic acids is 2. The van der Waals surface area contributed by atoms with Crippen LogP contribution in [0.5, 0.6) is 0 Å². The van der Waals surface area contributed by atoms with E-state index in [1.54, 1.807) is 0 Å². The number of hydrogen-bond acceptors (Lipinski definition) is 4. The number of amides is 2. The molecule has 22 heavy (non-hydrogen) atoms. The molecule has 2 saturated heterocycles. The van der Waals surface area contributed by atoms with E-state index in [2.05, 4.69) is 15.1 Å². The van der Waals surface area contributed by atoms with Gasteiger partial charge in [-0.15, -0.1) is 0 Å². The molecule has 6 heteroatoms. The van der Waals surface area contributed by atoms with E-state index in [0.717, 1.165) is 65.0 Å². The van der Waals surface area contributed by atoms with Gasteiger partial charge in [0.05, 0.1) is 12.6 Å². The molecule has 0 aromatic heterocycles. The van der Waals surface area contributed by atoms with Crippen molar-refractivity contribution in [1.29, 1.82) is 0 Å². The molecule has 124 valence electrons. The summed E-state index contributed by atoms with van der Waals surface area (Å²) in [5, 5.41) is 3.04. The molecule has 0 spiro atoms. The van der Waals surface area contributed by atoms with Gasteiger partial charge in [0.2, 0.25) is 11.8 Å². The number of nitrogens with zero attached hydrogens (tertiary/aromatic N) is 3. The fourth-order valence-corrected chi connectivity index (χ4v) is 3.37. The molecule has 1 aliphatic carbocycles. The fourth-order valence-electron chi connectivity index (χ4n) is 3.37. The minimum atomic E-state index is -0.0273. The van der Waals surface area contributed by atoms with Crippen molar-refractivity contribution in [2.45, 2.75) is 44.7 Å². The van der Waals surface area contributed by atoms with E-state index in [1.165, 1.54) is 0 Å². The summed E-state index contributed by atoms with van der Waals surface area (Å²) in [5.74, 6) is 0.426. The first-order valence-corrected chi connectivity index (χ1v) is 8.68. The third-order valence-electron chi connectivity index (χ3n) is 5.04. The first kappa shape index (κ1) is 15.7. The molecule has 0 bridgehead atoms. The molecular weight excluding hydrogens is 280 g/mol. The summed E-state index contributed by atoms with van der Waals surface area (Å²) in [6.45, 7) is 7.85. The number of carbonyl (C=O) groups is 2. The number of nitrogens with one attached hydrogen (secondary N) is 1. The maximum atomic E-state index is 12.4. The van der Waals surface area contributed by atoms with Crippen LogP contribution in [0, 0.1) is 0 Å². The predicted octanol–water partition coefficient (Wildman–Crippen LogP) is -0.106. The molecule has 1 N–H and O–H groups in total. The molecule has 0 aromatic rings. The second-order valence-corrected chi connectivity index (χ2v) is 6.86. The van der Waals surface area contributed by atoms with Crippen LogP contribution in [0.1, 0.15) is 32.6 Å². The highest BCUT2D eigenvalue weighted by Gasteiger charge is 2.30. The van der Waals surface area contributed by atoms with E-state index in [4.69, 9.17) is 0 Å². The van der Waals surface area contributed by atoms with Gasteiger partial charge in [0.15, 0.2) is 0 Å². The fraction of sp³-hybridized carbons (Fsp3) is 0.875. The zero-order chi connectivity index (χ0) is 15.5. The van der Waals surface area contributed by atoms with Gasteiger partial charge in [0.25, 0.3) is 0 Å². The molecule has 0 radical (unpaired) electrons. The summed E-state index contributed by atoms with van der Waals surface area (Å²) < 4.78 is 0. The lowest BCUT2D eigenvalue weighted by atomic mass is 10.2. The number of hydrogen-bond donors (Lipinski definition) is 1. The van der Waals surface area contributed by atoms with E-state index in [-0.39, 0.29) is 17.9 Å². The Balaban J connectivity index is 1.40. The molecule has 1 saturated carbocycles. The minimum absolute atomic E-state index is 0.0273. The molecule has 1 atom stereocenters. The first-order chi connectivity index (χ1) is 10.6. The van der Waals surface area contributed by atoms with Crippen LogP contribution in [0.2, 0.25) is 0 Å². The van der Waals surface area contributed by atoms with Crippen LogP contribution >= 0.6 is 0 Å². The molecule has 3 aliphatic rings. The van der Waals surface area contributed by atoms with Crippen LogP contribution in [0.3, 0.4) is 0 Å². The van der Waals surface area contributed by atoms with Gasteiger partial charge in [-0.05, 0) is 32.6 Å². The second kappa shape index (κ2) is 6.96. The van der Waals surface area contributed by atoms with Crippen molar-refractivity contribution in [3.8, 4) is 0 Å². The third kappa shape index (κ3) is 3.98. The van der Waals surface area contributed by atoms with E-state index in [9.17, 15) is 9.59 Å². The maximum Gasteiger partial charge on any atom is 0.239 e. The summed E-state index contributed by atoms with van der Waals surface area (Å²) in [6.07, 6.45) is 4.55. The van der Waals surface area contributed by atoms with Gasteiger partial charge < -0.3 is 10.2 Å². The van der Waals surface area contributed by atoms with Crippen molar-refractivity contribution in [2.24, 2.45) is 0 Å². The number of piperazine rings is 1. The van der Waals surface area contributed by atoms with Gasteiger partial charge >= 0.3 is 0 Å². The van der Waals surface area contributed by atoms with Crippen molar-refractivity contribution in [1.82, 2.24) is 20.0 Å². The highest BCUT2D eigenvalue weighted by Crippen LogP contribution is 2.18. The Hall–Kier alpha value is -1.14. The smallest absolute Gasteiger partial charge is 0.239 e. The second-order valence-electron chi connectivity index (χ2n) is 6.86. The van der Waals surface area contributed by atoms with Crippen LogP contribution in [-0.4, -0.2) is 84.4 Å². The highest BCUT2D eigenvalue weighted by atomic mass is 16.2. The first-order valence-electron chi connectivity index (χ1n) is 8.68. The lowest BCUT2D eigenvalue weighted by Gasteiger charge is -2.38. The largest absolute Gasteiger partial charge is 0.352 e. The molecule has 2 amide bonds. The topological polar surface area (TPSA) is 55.9 Å². The van der Waals surface area contributed by atoms with Crippen molar-refractivity contribution in [3.63, 3.8) is 0 Å². The van der Waals surface area contributed by atoms with Crippen molar-refractivity contribution in [2.75, 3.05) is 45.8 Å². The maximum absolute atomic E-state index is 12.4. The summed E-state index contributed by atoms with van der Waals surface area (Å²) in [5.41, 5.74) is 0. The van der Waals surface area contributed by atoms with Crippen molar-refractivity contribution >= 4 is 11.8 Å². The van der Waals surface area contributed by atoms with Crippen LogP contribution < -0.4 is 5.32 Å². The normalized spacial score (nSPS) is 25.2. The van der Waals surface area contributed by atoms with Gasteiger partial charge in [-0.1, -0.05) is 0 Å². The molecule has 6 nitrogen and oxygen atoms in total. The number of rotatable bonds is 5. The van der Waals surface area contributed by atoms with Crippen molar-refractivity contribution < 1.29 is 9.59 Å². The zero-order valence-electron chi connectivity index (χ0n) is 13.6. The van der Waals surface area contributed by atoms with Crippen LogP contribution in [0.15, 0.2) is 0 Å². The van der Waals surface area contributed by atoms with Crippen LogP contribution in [0.4, 0.5) is 0 Å². The third-order valence-corrected chi connectivity index (χ3v) is 5.04. The van der Waals surface area contributed by atoms with E-state index in [1.807, 2.05) is 11.8 Å². The van der Waals surface area contributed by atoms with Crippen LogP contribution in [-0.2, 0) is 9.59 Å². The Kier molecular flexibility index (Phi) is 4.98. The lowest BCUT2D eigenvalue weighted by molar-refractivity contribution is -0.136. The molecule has 3 rings (SSSR count). The SMILES string of the molecule is CC(C(=O)N1CCCC1)N1CCN(CC(=O)NC2CC2)CC1. The zero-order valence-corrected chi connectivity index (χ0v) is 13.6. The Morgan fingerprint density at radius 1 is 1.05 bits per heavy atom. The van der Waals surface area contributed by atoms with Gasteiger partial charge in [0.1, 0.15) is 0 Å². The number of likely N-dealkylation sites (tertiary alicyclic amines) is 1. The van der Waals surface area contributed by atoms with Gasteiger partial charge in [-0.2, -0.15) is 0 Å². The van der Waals surface area contributed by atoms with Crippen LogP contribution in [0.25, 0.3) is 0 Å². The average molecular weight is 308 g/mol. The Morgan fingerprint density at radius 3 is 2.27 bits per heavy atom. The summed E-state index contributed by atoms with van der Waals surface area (Å²) >= 11 is 0. The standard InChI is InChI=1S/C16H28N4O2/c1-13(16(22)20-6-2-3-7-20)19-10-8-18(9-11-19)12-15(21)17-14-4-5-14/h13-14H,2-12H2,1H3,(H,17,21). The predicted molar refractivity (Wildman–Crippen MR) is 84.5 cm³/mol. The Morgan fingerprint density at radius 2 is 1.68 bits per heavy atom. The van der Waals surface area contributed by atoms with E-state index < -0.39 is 0 Å². The molecule has 1 unspecified atom stereocenters. The monoisotopic (exact) mass is 308 g/mol. The highest BCUT2D eigenvalue weighted by molar-refractivity contribution is 5.81. The molecule has 2 heterocycles.